The highest BCUT2D eigenvalue weighted by molar-refractivity contribution is 14.1. The Labute approximate surface area is 131 Å². The van der Waals surface area contributed by atoms with Crippen LogP contribution in [0.5, 0.6) is 11.5 Å². The molecule has 0 N–H and O–H groups in total. The summed E-state index contributed by atoms with van der Waals surface area (Å²) in [6, 6.07) is 13.3. The van der Waals surface area contributed by atoms with E-state index in [-0.39, 0.29) is 5.78 Å². The van der Waals surface area contributed by atoms with E-state index in [0.29, 0.717) is 36.7 Å². The largest absolute Gasteiger partial charge is 0.486 e. The molecule has 1 aliphatic heterocycles. The van der Waals surface area contributed by atoms with Gasteiger partial charge in [0.15, 0.2) is 17.3 Å². The van der Waals surface area contributed by atoms with Gasteiger partial charge < -0.3 is 9.47 Å². The minimum absolute atomic E-state index is 0.0863. The van der Waals surface area contributed by atoms with Crippen molar-refractivity contribution < 1.29 is 14.3 Å². The lowest BCUT2D eigenvalue weighted by molar-refractivity contribution is 0.0991. The van der Waals surface area contributed by atoms with E-state index in [1.165, 1.54) is 0 Å². The molecule has 2 aromatic carbocycles. The molecule has 0 amide bonds. The normalized spacial score (nSPS) is 13.1. The molecule has 102 valence electrons. The van der Waals surface area contributed by atoms with Gasteiger partial charge in [-0.05, 0) is 58.5 Å². The molecule has 4 heteroatoms. The monoisotopic (exact) mass is 380 g/mol. The van der Waals surface area contributed by atoms with E-state index in [4.69, 9.17) is 9.47 Å². The maximum atomic E-state index is 12.3. The van der Waals surface area contributed by atoms with Crippen LogP contribution in [0, 0.1) is 3.57 Å². The van der Waals surface area contributed by atoms with E-state index in [0.717, 1.165) is 9.13 Å². The average Bonchev–Trinajstić information content (AvgIpc) is 2.49. The summed E-state index contributed by atoms with van der Waals surface area (Å²) in [4.78, 5) is 12.3. The van der Waals surface area contributed by atoms with Crippen LogP contribution >= 0.6 is 22.6 Å². The molecular weight excluding hydrogens is 367 g/mol. The molecule has 0 aliphatic carbocycles. The summed E-state index contributed by atoms with van der Waals surface area (Å²) in [6.45, 7) is 1.09. The topological polar surface area (TPSA) is 35.5 Å². The Morgan fingerprint density at radius 2 is 1.70 bits per heavy atom. The summed E-state index contributed by atoms with van der Waals surface area (Å²) in [7, 11) is 0. The Balaban J connectivity index is 1.78. The van der Waals surface area contributed by atoms with Gasteiger partial charge in [-0.15, -0.1) is 0 Å². The van der Waals surface area contributed by atoms with Gasteiger partial charge in [-0.2, -0.15) is 0 Å². The van der Waals surface area contributed by atoms with Gasteiger partial charge in [0.05, 0.1) is 0 Å². The molecule has 0 bridgehead atoms. The summed E-state index contributed by atoms with van der Waals surface area (Å²) < 4.78 is 12.1. The van der Waals surface area contributed by atoms with Crippen LogP contribution in [0.1, 0.15) is 15.9 Å². The van der Waals surface area contributed by atoms with Gasteiger partial charge in [-0.3, -0.25) is 4.79 Å². The van der Waals surface area contributed by atoms with Crippen LogP contribution in [-0.2, 0) is 6.42 Å². The molecule has 0 spiro atoms. The summed E-state index contributed by atoms with van der Waals surface area (Å²) in [5.41, 5.74) is 1.68. The van der Waals surface area contributed by atoms with E-state index < -0.39 is 0 Å². The van der Waals surface area contributed by atoms with Crippen LogP contribution < -0.4 is 9.47 Å². The van der Waals surface area contributed by atoms with Crippen molar-refractivity contribution in [1.29, 1.82) is 0 Å². The fraction of sp³-hybridized carbons (Fsp3) is 0.188. The molecule has 2 aromatic rings. The van der Waals surface area contributed by atoms with Gasteiger partial charge in [0.1, 0.15) is 13.2 Å². The lowest BCUT2D eigenvalue weighted by Gasteiger charge is -2.18. The zero-order chi connectivity index (χ0) is 13.9. The number of carbonyl (C=O) groups excluding carboxylic acids is 1. The van der Waals surface area contributed by atoms with Crippen LogP contribution in [0.15, 0.2) is 42.5 Å². The Morgan fingerprint density at radius 3 is 2.45 bits per heavy atom. The van der Waals surface area contributed by atoms with E-state index >= 15 is 0 Å². The number of hydrogen-bond acceptors (Lipinski definition) is 3. The first-order chi connectivity index (χ1) is 9.72. The van der Waals surface area contributed by atoms with Crippen LogP contribution in [0.25, 0.3) is 0 Å². The van der Waals surface area contributed by atoms with Crippen molar-refractivity contribution in [2.45, 2.75) is 6.42 Å². The van der Waals surface area contributed by atoms with Crippen molar-refractivity contribution in [3.63, 3.8) is 0 Å². The number of halogens is 1. The van der Waals surface area contributed by atoms with E-state index in [9.17, 15) is 4.79 Å². The molecule has 3 rings (SSSR count). The first-order valence-corrected chi connectivity index (χ1v) is 7.47. The molecule has 20 heavy (non-hydrogen) atoms. The highest BCUT2D eigenvalue weighted by atomic mass is 127. The van der Waals surface area contributed by atoms with Crippen LogP contribution in [-0.4, -0.2) is 19.0 Å². The van der Waals surface area contributed by atoms with E-state index in [1.807, 2.05) is 24.3 Å². The zero-order valence-electron chi connectivity index (χ0n) is 10.8. The molecule has 0 fully saturated rings. The van der Waals surface area contributed by atoms with E-state index in [1.54, 1.807) is 18.2 Å². The molecule has 1 aliphatic rings. The van der Waals surface area contributed by atoms with Gasteiger partial charge in [0, 0.05) is 15.6 Å². The number of fused-ring (bicyclic) bond motifs is 1. The number of benzene rings is 2. The Morgan fingerprint density at radius 1 is 1.00 bits per heavy atom. The molecule has 0 atom stereocenters. The Hall–Kier alpha value is -1.56. The van der Waals surface area contributed by atoms with Gasteiger partial charge in [0.25, 0.3) is 0 Å². The van der Waals surface area contributed by atoms with Crippen LogP contribution in [0.2, 0.25) is 0 Å². The van der Waals surface area contributed by atoms with Crippen molar-refractivity contribution in [3.8, 4) is 11.5 Å². The minimum atomic E-state index is 0.0863. The fourth-order valence-electron chi connectivity index (χ4n) is 2.11. The van der Waals surface area contributed by atoms with Crippen molar-refractivity contribution in [2.24, 2.45) is 0 Å². The van der Waals surface area contributed by atoms with Crippen molar-refractivity contribution in [3.05, 3.63) is 57.2 Å². The zero-order valence-corrected chi connectivity index (χ0v) is 12.9. The van der Waals surface area contributed by atoms with Gasteiger partial charge in [-0.25, -0.2) is 0 Å². The number of ether oxygens (including phenoxy) is 2. The first-order valence-electron chi connectivity index (χ1n) is 6.40. The first kappa shape index (κ1) is 13.4. The number of Topliss-reactive ketones (excluding diaryl/α,β-unsaturated/α-hetero) is 1. The summed E-state index contributed by atoms with van der Waals surface area (Å²) in [5.74, 6) is 1.45. The van der Waals surface area contributed by atoms with Gasteiger partial charge >= 0.3 is 0 Å². The maximum Gasteiger partial charge on any atom is 0.167 e. The van der Waals surface area contributed by atoms with Gasteiger partial charge in [-0.1, -0.05) is 12.1 Å². The number of hydrogen-bond donors (Lipinski definition) is 0. The maximum absolute atomic E-state index is 12.3. The van der Waals surface area contributed by atoms with Crippen molar-refractivity contribution in [1.82, 2.24) is 0 Å². The molecule has 0 radical (unpaired) electrons. The number of ketones is 1. The molecule has 0 saturated carbocycles. The average molecular weight is 380 g/mol. The molecule has 1 heterocycles. The number of rotatable bonds is 3. The third-order valence-corrected chi connectivity index (χ3v) is 3.86. The molecule has 3 nitrogen and oxygen atoms in total. The predicted octanol–water partition coefficient (Wildman–Crippen LogP) is 3.49. The Bertz CT molecular complexity index is 635. The third kappa shape index (κ3) is 2.95. The quantitative estimate of drug-likeness (QED) is 0.604. The van der Waals surface area contributed by atoms with Crippen molar-refractivity contribution >= 4 is 28.4 Å². The second-order valence-corrected chi connectivity index (χ2v) is 5.83. The van der Waals surface area contributed by atoms with Crippen molar-refractivity contribution in [2.75, 3.05) is 13.2 Å². The highest BCUT2D eigenvalue weighted by Gasteiger charge is 2.15. The highest BCUT2D eigenvalue weighted by Crippen LogP contribution is 2.31. The summed E-state index contributed by atoms with van der Waals surface area (Å²) in [5, 5.41) is 0. The molecular formula is C16H13IO3. The summed E-state index contributed by atoms with van der Waals surface area (Å²) in [6.07, 6.45) is 0.399. The smallest absolute Gasteiger partial charge is 0.167 e. The van der Waals surface area contributed by atoms with E-state index in [2.05, 4.69) is 22.6 Å². The number of carbonyl (C=O) groups is 1. The minimum Gasteiger partial charge on any atom is -0.486 e. The Kier molecular flexibility index (Phi) is 3.91. The second kappa shape index (κ2) is 5.83. The predicted molar refractivity (Wildman–Crippen MR) is 84.6 cm³/mol. The molecule has 0 unspecified atom stereocenters. The fourth-order valence-corrected chi connectivity index (χ4v) is 2.47. The lowest BCUT2D eigenvalue weighted by Crippen LogP contribution is -2.16. The third-order valence-electron chi connectivity index (χ3n) is 3.14. The second-order valence-electron chi connectivity index (χ2n) is 4.58. The van der Waals surface area contributed by atoms with Crippen LogP contribution in [0.3, 0.4) is 0 Å². The lowest BCUT2D eigenvalue weighted by atomic mass is 10.0. The molecule has 0 aromatic heterocycles. The summed E-state index contributed by atoms with van der Waals surface area (Å²) >= 11 is 2.25. The molecule has 0 saturated heterocycles. The standard InChI is InChI=1S/C16H13IO3/c17-13-4-1-11(2-5-13)9-14(18)12-3-6-15-16(10-12)20-8-7-19-15/h1-6,10H,7-9H2. The van der Waals surface area contributed by atoms with Gasteiger partial charge in [0.2, 0.25) is 0 Å². The van der Waals surface area contributed by atoms with Crippen LogP contribution in [0.4, 0.5) is 0 Å². The SMILES string of the molecule is O=C(Cc1ccc(I)cc1)c1ccc2c(c1)OCCO2.